The lowest BCUT2D eigenvalue weighted by Crippen LogP contribution is -2.04. The molecule has 0 fully saturated rings. The van der Waals surface area contributed by atoms with Gasteiger partial charge in [-0.05, 0) is 62.4 Å². The molecule has 2 heterocycles. The van der Waals surface area contributed by atoms with Gasteiger partial charge >= 0.3 is 11.3 Å². The summed E-state index contributed by atoms with van der Waals surface area (Å²) in [5, 5.41) is 0.903. The zero-order chi connectivity index (χ0) is 20.8. The third-order valence-electron chi connectivity index (χ3n) is 4.95. The Morgan fingerprint density at radius 1 is 0.600 bits per heavy atom. The highest BCUT2D eigenvalue weighted by molar-refractivity contribution is 5.80. The first-order valence-corrected chi connectivity index (χ1v) is 9.42. The number of aromatic nitrogens is 2. The maximum atomic E-state index is 12.3. The summed E-state index contributed by atoms with van der Waals surface area (Å²) in [5.74, 6) is 0.456. The second-order valence-electron chi connectivity index (χ2n) is 7.23. The second kappa shape index (κ2) is 6.77. The summed E-state index contributed by atoms with van der Waals surface area (Å²) in [7, 11) is 0. The van der Waals surface area contributed by atoms with Gasteiger partial charge in [-0.1, -0.05) is 23.3 Å². The van der Waals surface area contributed by atoms with Crippen LogP contribution < -0.4 is 11.3 Å². The number of nitrogens with zero attached hydrogens (tertiary/aromatic N) is 2. The van der Waals surface area contributed by atoms with E-state index in [0.717, 1.165) is 11.1 Å². The van der Waals surface area contributed by atoms with Gasteiger partial charge in [0.25, 0.3) is 0 Å². The van der Waals surface area contributed by atoms with Crippen LogP contribution in [0.15, 0.2) is 79.1 Å². The minimum absolute atomic E-state index is 0.228. The third kappa shape index (κ3) is 3.08. The average Bonchev–Trinajstić information content (AvgIpc) is 2.74. The van der Waals surface area contributed by atoms with E-state index in [2.05, 4.69) is 9.97 Å². The first-order valence-electron chi connectivity index (χ1n) is 9.42. The van der Waals surface area contributed by atoms with Gasteiger partial charge in [0.1, 0.15) is 0 Å². The average molecular weight is 396 g/mol. The SMILES string of the molecule is Cc1ccc2nc(-c3ccc(-c4nc5ccc(C)cc5c(=O)o4)cc3)oc(=O)c2c1. The molecule has 5 aromatic rings. The molecular weight excluding hydrogens is 380 g/mol. The highest BCUT2D eigenvalue weighted by Crippen LogP contribution is 2.24. The van der Waals surface area contributed by atoms with Crippen LogP contribution >= 0.6 is 0 Å². The molecule has 0 N–H and O–H groups in total. The Morgan fingerprint density at radius 3 is 1.40 bits per heavy atom. The fourth-order valence-electron chi connectivity index (χ4n) is 3.37. The second-order valence-corrected chi connectivity index (χ2v) is 7.23. The van der Waals surface area contributed by atoms with Gasteiger partial charge in [-0.3, -0.25) is 0 Å². The minimum Gasteiger partial charge on any atom is -0.403 e. The molecule has 0 radical (unpaired) electrons. The van der Waals surface area contributed by atoms with Crippen molar-refractivity contribution in [2.24, 2.45) is 0 Å². The molecule has 0 spiro atoms. The molecule has 0 aliphatic heterocycles. The van der Waals surface area contributed by atoms with Gasteiger partial charge in [-0.2, -0.15) is 0 Å². The number of fused-ring (bicyclic) bond motifs is 2. The van der Waals surface area contributed by atoms with E-state index < -0.39 is 11.3 Å². The lowest BCUT2D eigenvalue weighted by Gasteiger charge is -2.05. The van der Waals surface area contributed by atoms with Crippen molar-refractivity contribution in [1.29, 1.82) is 0 Å². The maximum Gasteiger partial charge on any atom is 0.347 e. The molecular formula is C24H16N2O4. The molecule has 6 nitrogen and oxygen atoms in total. The minimum atomic E-state index is -0.430. The van der Waals surface area contributed by atoms with Gasteiger partial charge in [0.05, 0.1) is 21.8 Å². The van der Waals surface area contributed by atoms with Gasteiger partial charge in [0.15, 0.2) is 0 Å². The predicted molar refractivity (Wildman–Crippen MR) is 114 cm³/mol. The van der Waals surface area contributed by atoms with Crippen molar-refractivity contribution in [3.05, 3.63) is 92.6 Å². The fourth-order valence-corrected chi connectivity index (χ4v) is 3.37. The summed E-state index contributed by atoms with van der Waals surface area (Å²) in [4.78, 5) is 33.6. The molecule has 0 saturated heterocycles. The topological polar surface area (TPSA) is 86.2 Å². The Labute approximate surface area is 170 Å². The third-order valence-corrected chi connectivity index (χ3v) is 4.95. The first-order chi connectivity index (χ1) is 14.5. The molecule has 0 aliphatic carbocycles. The summed E-state index contributed by atoms with van der Waals surface area (Å²) in [6.07, 6.45) is 0. The van der Waals surface area contributed by atoms with Crippen LogP contribution in [0.1, 0.15) is 11.1 Å². The lowest BCUT2D eigenvalue weighted by molar-refractivity contribution is 0.516. The van der Waals surface area contributed by atoms with E-state index in [9.17, 15) is 9.59 Å². The van der Waals surface area contributed by atoms with Crippen LogP contribution in [-0.4, -0.2) is 9.97 Å². The van der Waals surface area contributed by atoms with E-state index in [1.165, 1.54) is 0 Å². The van der Waals surface area contributed by atoms with Gasteiger partial charge < -0.3 is 8.83 Å². The molecule has 3 aromatic carbocycles. The fraction of sp³-hybridized carbons (Fsp3) is 0.0833. The van der Waals surface area contributed by atoms with E-state index in [1.54, 1.807) is 48.5 Å². The Kier molecular flexibility index (Phi) is 4.06. The van der Waals surface area contributed by atoms with Crippen LogP contribution in [0.2, 0.25) is 0 Å². The quantitative estimate of drug-likeness (QED) is 0.432. The number of rotatable bonds is 2. The monoisotopic (exact) mass is 396 g/mol. The van der Waals surface area contributed by atoms with Crippen LogP contribution in [0.4, 0.5) is 0 Å². The first kappa shape index (κ1) is 18.0. The zero-order valence-electron chi connectivity index (χ0n) is 16.3. The predicted octanol–water partition coefficient (Wildman–Crippen LogP) is 4.64. The van der Waals surface area contributed by atoms with E-state index in [-0.39, 0.29) is 11.8 Å². The Bertz CT molecular complexity index is 1430. The smallest absolute Gasteiger partial charge is 0.347 e. The van der Waals surface area contributed by atoms with E-state index in [1.807, 2.05) is 26.0 Å². The van der Waals surface area contributed by atoms with E-state index in [4.69, 9.17) is 8.83 Å². The number of hydrogen-bond acceptors (Lipinski definition) is 6. The van der Waals surface area contributed by atoms with Crippen LogP contribution in [0, 0.1) is 13.8 Å². The highest BCUT2D eigenvalue weighted by atomic mass is 16.4. The molecule has 146 valence electrons. The summed E-state index contributed by atoms with van der Waals surface area (Å²) < 4.78 is 10.8. The summed E-state index contributed by atoms with van der Waals surface area (Å²) in [5.41, 5.74) is 3.50. The van der Waals surface area contributed by atoms with Gasteiger partial charge in [-0.15, -0.1) is 0 Å². The normalized spacial score (nSPS) is 11.3. The van der Waals surface area contributed by atoms with Crippen LogP contribution in [0.5, 0.6) is 0 Å². The standard InChI is InChI=1S/C24H16N2O4/c1-13-3-9-19-17(11-13)23(27)29-21(25-19)15-5-7-16(8-6-15)22-26-20-10-4-14(2)12-18(20)24(28)30-22/h3-12H,1-2H3. The summed E-state index contributed by atoms with van der Waals surface area (Å²) >= 11 is 0. The van der Waals surface area contributed by atoms with Crippen molar-refractivity contribution in [1.82, 2.24) is 9.97 Å². The molecule has 0 saturated carbocycles. The number of hydrogen-bond donors (Lipinski definition) is 0. The van der Waals surface area contributed by atoms with Crippen molar-refractivity contribution in [3.8, 4) is 22.9 Å². The number of aryl methyl sites for hydroxylation is 2. The van der Waals surface area contributed by atoms with Gasteiger partial charge in [0.2, 0.25) is 11.8 Å². The van der Waals surface area contributed by atoms with Crippen molar-refractivity contribution in [3.63, 3.8) is 0 Å². The number of benzene rings is 3. The maximum absolute atomic E-state index is 12.3. The zero-order valence-corrected chi connectivity index (χ0v) is 16.3. The summed E-state index contributed by atoms with van der Waals surface area (Å²) in [6, 6.07) is 17.9. The van der Waals surface area contributed by atoms with E-state index >= 15 is 0 Å². The molecule has 0 aliphatic rings. The Morgan fingerprint density at radius 2 is 1.00 bits per heavy atom. The molecule has 0 bridgehead atoms. The van der Waals surface area contributed by atoms with Crippen molar-refractivity contribution in [2.75, 3.05) is 0 Å². The molecule has 30 heavy (non-hydrogen) atoms. The van der Waals surface area contributed by atoms with Crippen molar-refractivity contribution in [2.45, 2.75) is 13.8 Å². The molecule has 5 rings (SSSR count). The summed E-state index contributed by atoms with van der Waals surface area (Å²) in [6.45, 7) is 3.82. The highest BCUT2D eigenvalue weighted by Gasteiger charge is 2.12. The molecule has 0 atom stereocenters. The van der Waals surface area contributed by atoms with Crippen LogP contribution in [-0.2, 0) is 0 Å². The van der Waals surface area contributed by atoms with Gasteiger partial charge in [-0.25, -0.2) is 19.6 Å². The van der Waals surface area contributed by atoms with Crippen molar-refractivity contribution >= 4 is 21.8 Å². The Hall–Kier alpha value is -4.06. The van der Waals surface area contributed by atoms with Crippen LogP contribution in [0.3, 0.4) is 0 Å². The molecule has 0 unspecified atom stereocenters. The van der Waals surface area contributed by atoms with Gasteiger partial charge in [0, 0.05) is 11.1 Å². The molecule has 0 amide bonds. The largest absolute Gasteiger partial charge is 0.403 e. The van der Waals surface area contributed by atoms with E-state index in [0.29, 0.717) is 32.9 Å². The Balaban J connectivity index is 1.56. The molecule has 6 heteroatoms. The molecule has 2 aromatic heterocycles. The van der Waals surface area contributed by atoms with Crippen LogP contribution in [0.25, 0.3) is 44.7 Å². The lowest BCUT2D eigenvalue weighted by atomic mass is 10.1. The van der Waals surface area contributed by atoms with Crippen molar-refractivity contribution < 1.29 is 8.83 Å².